The summed E-state index contributed by atoms with van der Waals surface area (Å²) in [5, 5.41) is 10.4. The van der Waals surface area contributed by atoms with Crippen LogP contribution in [0.15, 0.2) is 36.4 Å². The van der Waals surface area contributed by atoms with E-state index < -0.39 is 35.2 Å². The van der Waals surface area contributed by atoms with Crippen molar-refractivity contribution >= 4 is 58.1 Å². The summed E-state index contributed by atoms with van der Waals surface area (Å²) in [6, 6.07) is 9.14. The smallest absolute Gasteiger partial charge is 0.412 e. The van der Waals surface area contributed by atoms with Gasteiger partial charge in [0.2, 0.25) is 11.8 Å². The van der Waals surface area contributed by atoms with Crippen LogP contribution >= 0.6 is 0 Å². The number of amides is 4. The zero-order chi connectivity index (χ0) is 28.7. The van der Waals surface area contributed by atoms with E-state index in [1.54, 1.807) is 53.7 Å². The van der Waals surface area contributed by atoms with Crippen LogP contribution in [-0.2, 0) is 19.1 Å². The number of benzene rings is 2. The molecular formula is C26H36N6O6. The monoisotopic (exact) mass is 528 g/mol. The summed E-state index contributed by atoms with van der Waals surface area (Å²) in [6.45, 7) is 10.3. The van der Waals surface area contributed by atoms with Gasteiger partial charge in [-0.05, 0) is 77.9 Å². The average molecular weight is 529 g/mol. The predicted molar refractivity (Wildman–Crippen MR) is 148 cm³/mol. The van der Waals surface area contributed by atoms with Crippen LogP contribution in [0.3, 0.4) is 0 Å². The highest BCUT2D eigenvalue weighted by Crippen LogP contribution is 2.27. The van der Waals surface area contributed by atoms with Crippen LogP contribution in [0.1, 0.15) is 54.4 Å². The van der Waals surface area contributed by atoms with E-state index in [1.807, 2.05) is 0 Å². The van der Waals surface area contributed by atoms with Gasteiger partial charge in [-0.15, -0.1) is 0 Å². The fraction of sp³-hybridized carbons (Fsp3) is 0.385. The van der Waals surface area contributed by atoms with E-state index in [0.29, 0.717) is 11.4 Å². The molecule has 0 atom stereocenters. The number of carbonyl (C=O) groups excluding carboxylic acids is 4. The molecule has 206 valence electrons. The summed E-state index contributed by atoms with van der Waals surface area (Å²) in [6.07, 6.45) is -1.74. The van der Waals surface area contributed by atoms with Crippen LogP contribution in [0.2, 0.25) is 0 Å². The number of carbonyl (C=O) groups is 4. The van der Waals surface area contributed by atoms with Gasteiger partial charge >= 0.3 is 12.2 Å². The van der Waals surface area contributed by atoms with Crippen molar-refractivity contribution in [3.05, 3.63) is 36.4 Å². The normalized spacial score (nSPS) is 11.2. The second-order valence-electron chi connectivity index (χ2n) is 10.5. The van der Waals surface area contributed by atoms with Gasteiger partial charge in [0.15, 0.2) is 0 Å². The van der Waals surface area contributed by atoms with Gasteiger partial charge in [0.05, 0.1) is 22.7 Å². The van der Waals surface area contributed by atoms with E-state index in [0.717, 1.165) is 0 Å². The fourth-order valence-electron chi connectivity index (χ4n) is 3.03. The molecule has 0 aliphatic rings. The lowest BCUT2D eigenvalue weighted by atomic mass is 10.2. The third-order valence-electron chi connectivity index (χ3n) is 4.49. The van der Waals surface area contributed by atoms with Crippen molar-refractivity contribution in [3.8, 4) is 0 Å². The summed E-state index contributed by atoms with van der Waals surface area (Å²) in [5.74, 6) is -0.942. The molecule has 0 fully saturated rings. The lowest BCUT2D eigenvalue weighted by Gasteiger charge is -2.21. The highest BCUT2D eigenvalue weighted by atomic mass is 16.6. The number of nitrogens with two attached hydrogens (primary N) is 2. The van der Waals surface area contributed by atoms with Crippen LogP contribution in [0.4, 0.5) is 43.7 Å². The topological polar surface area (TPSA) is 187 Å². The fourth-order valence-corrected chi connectivity index (χ4v) is 3.03. The lowest BCUT2D eigenvalue weighted by Crippen LogP contribution is -2.28. The highest BCUT2D eigenvalue weighted by molar-refractivity contribution is 6.02. The number of nitrogens with one attached hydrogen (secondary N) is 4. The highest BCUT2D eigenvalue weighted by Gasteiger charge is 2.20. The van der Waals surface area contributed by atoms with Crippen molar-refractivity contribution in [1.29, 1.82) is 0 Å². The zero-order valence-electron chi connectivity index (χ0n) is 22.5. The Labute approximate surface area is 221 Å². The minimum atomic E-state index is -0.714. The summed E-state index contributed by atoms with van der Waals surface area (Å²) in [7, 11) is 0. The van der Waals surface area contributed by atoms with E-state index in [1.165, 1.54) is 24.3 Å². The number of ether oxygens (including phenoxy) is 2. The Hall–Kier alpha value is -4.48. The van der Waals surface area contributed by atoms with E-state index in [2.05, 4.69) is 21.3 Å². The van der Waals surface area contributed by atoms with Gasteiger partial charge in [0, 0.05) is 24.2 Å². The standard InChI is InChI=1S/C26H36N6O6/c1-25(2,3)37-23(35)31-19-13-15(27)7-9-17(19)29-21(33)11-12-22(34)30-18-10-8-16(28)14-20(18)32-24(36)38-26(4,5)6/h7-10,13-14H,11-12,27-28H2,1-6H3,(H,29,33)(H,30,34)(H,31,35)(H,32,36). The Kier molecular flexibility index (Phi) is 9.53. The van der Waals surface area contributed by atoms with Crippen molar-refractivity contribution in [2.75, 3.05) is 32.7 Å². The summed E-state index contributed by atoms with van der Waals surface area (Å²) in [4.78, 5) is 49.4. The van der Waals surface area contributed by atoms with Crippen LogP contribution in [-0.4, -0.2) is 35.2 Å². The molecule has 8 N–H and O–H groups in total. The third kappa shape index (κ3) is 10.6. The van der Waals surface area contributed by atoms with E-state index in [-0.39, 0.29) is 35.6 Å². The quantitative estimate of drug-likeness (QED) is 0.274. The van der Waals surface area contributed by atoms with Gasteiger partial charge < -0.3 is 31.6 Å². The van der Waals surface area contributed by atoms with Crippen LogP contribution < -0.4 is 32.7 Å². The molecule has 0 spiro atoms. The molecule has 38 heavy (non-hydrogen) atoms. The molecule has 0 aliphatic carbocycles. The number of hydrogen-bond donors (Lipinski definition) is 6. The number of anilines is 6. The molecule has 0 saturated heterocycles. The lowest BCUT2D eigenvalue weighted by molar-refractivity contribution is -0.121. The average Bonchev–Trinajstić information content (AvgIpc) is 2.73. The predicted octanol–water partition coefficient (Wildman–Crippen LogP) is 4.90. The number of nitrogen functional groups attached to an aromatic ring is 2. The molecule has 0 aromatic heterocycles. The Morgan fingerprint density at radius 3 is 1.26 bits per heavy atom. The molecule has 4 amide bonds. The first-order valence-corrected chi connectivity index (χ1v) is 11.9. The Bertz CT molecular complexity index is 1110. The molecule has 0 bridgehead atoms. The molecule has 2 rings (SSSR count). The molecule has 0 radical (unpaired) electrons. The first kappa shape index (κ1) is 29.7. The SMILES string of the molecule is CC(C)(C)OC(=O)Nc1cc(N)ccc1NC(=O)CCC(=O)Nc1ccc(N)cc1NC(=O)OC(C)(C)C. The van der Waals surface area contributed by atoms with Gasteiger partial charge in [0.1, 0.15) is 11.2 Å². The third-order valence-corrected chi connectivity index (χ3v) is 4.49. The van der Waals surface area contributed by atoms with Gasteiger partial charge in [-0.3, -0.25) is 20.2 Å². The Morgan fingerprint density at radius 2 is 0.947 bits per heavy atom. The second-order valence-corrected chi connectivity index (χ2v) is 10.5. The van der Waals surface area contributed by atoms with Crippen molar-refractivity contribution in [2.45, 2.75) is 65.6 Å². The van der Waals surface area contributed by atoms with Crippen molar-refractivity contribution in [3.63, 3.8) is 0 Å². The molecule has 0 aliphatic heterocycles. The van der Waals surface area contributed by atoms with E-state index in [4.69, 9.17) is 20.9 Å². The largest absolute Gasteiger partial charge is 0.444 e. The van der Waals surface area contributed by atoms with Gasteiger partial charge in [-0.2, -0.15) is 0 Å². The maximum atomic E-state index is 12.6. The van der Waals surface area contributed by atoms with Gasteiger partial charge in [-0.1, -0.05) is 0 Å². The number of rotatable bonds is 7. The minimum Gasteiger partial charge on any atom is -0.444 e. The van der Waals surface area contributed by atoms with Gasteiger partial charge in [-0.25, -0.2) is 9.59 Å². The van der Waals surface area contributed by atoms with Crippen molar-refractivity contribution in [2.24, 2.45) is 0 Å². The minimum absolute atomic E-state index is 0.161. The number of hydrogen-bond acceptors (Lipinski definition) is 8. The van der Waals surface area contributed by atoms with E-state index in [9.17, 15) is 19.2 Å². The molecular weight excluding hydrogens is 492 g/mol. The summed E-state index contributed by atoms with van der Waals surface area (Å²) in [5.41, 5.74) is 12.0. The molecule has 0 heterocycles. The Morgan fingerprint density at radius 1 is 0.605 bits per heavy atom. The maximum absolute atomic E-state index is 12.6. The van der Waals surface area contributed by atoms with Crippen LogP contribution in [0.25, 0.3) is 0 Å². The van der Waals surface area contributed by atoms with Crippen molar-refractivity contribution in [1.82, 2.24) is 0 Å². The molecule has 12 nitrogen and oxygen atoms in total. The van der Waals surface area contributed by atoms with Crippen molar-refractivity contribution < 1.29 is 28.7 Å². The maximum Gasteiger partial charge on any atom is 0.412 e. The molecule has 2 aromatic rings. The first-order valence-electron chi connectivity index (χ1n) is 11.9. The summed E-state index contributed by atoms with van der Waals surface area (Å²) < 4.78 is 10.5. The zero-order valence-corrected chi connectivity index (χ0v) is 22.5. The molecule has 0 unspecified atom stereocenters. The Balaban J connectivity index is 2.00. The van der Waals surface area contributed by atoms with Crippen LogP contribution in [0.5, 0.6) is 0 Å². The molecule has 2 aromatic carbocycles. The summed E-state index contributed by atoms with van der Waals surface area (Å²) >= 11 is 0. The molecule has 0 saturated carbocycles. The van der Waals surface area contributed by atoms with E-state index >= 15 is 0 Å². The van der Waals surface area contributed by atoms with Crippen LogP contribution in [0, 0.1) is 0 Å². The van der Waals surface area contributed by atoms with Gasteiger partial charge in [0.25, 0.3) is 0 Å². The molecule has 12 heteroatoms. The second kappa shape index (κ2) is 12.2. The first-order chi connectivity index (χ1) is 17.5.